The highest BCUT2D eigenvalue weighted by Gasteiger charge is 2.33. The van der Waals surface area contributed by atoms with Crippen molar-refractivity contribution in [1.82, 2.24) is 4.57 Å². The summed E-state index contributed by atoms with van der Waals surface area (Å²) < 4.78 is 12.7. The number of ether oxygens (including phenoxy) is 2. The molecule has 3 aromatic rings. The van der Waals surface area contributed by atoms with Crippen LogP contribution in [0.1, 0.15) is 30.5 Å². The van der Waals surface area contributed by atoms with Crippen molar-refractivity contribution in [3.8, 4) is 5.75 Å². The second-order valence-corrected chi connectivity index (χ2v) is 8.38. The largest absolute Gasteiger partial charge is 0.490 e. The van der Waals surface area contributed by atoms with Crippen LogP contribution in [0.5, 0.6) is 5.75 Å². The normalized spacial score (nSPS) is 15.6. The second kappa shape index (κ2) is 9.83. The van der Waals surface area contributed by atoms with Crippen molar-refractivity contribution in [1.29, 1.82) is 0 Å². The Bertz CT molecular complexity index is 1380. The van der Waals surface area contributed by atoms with E-state index < -0.39 is 12.0 Å². The molecule has 168 valence electrons. The number of thiazole rings is 1. The fraction of sp³-hybridized carbons (Fsp3) is 0.192. The summed E-state index contributed by atoms with van der Waals surface area (Å²) in [4.78, 5) is 31.5. The minimum atomic E-state index is -0.596. The van der Waals surface area contributed by atoms with Crippen molar-refractivity contribution in [2.24, 2.45) is 4.99 Å². The van der Waals surface area contributed by atoms with E-state index in [0.717, 1.165) is 16.9 Å². The van der Waals surface area contributed by atoms with Crippen LogP contribution in [-0.2, 0) is 9.53 Å². The Labute approximate surface area is 195 Å². The van der Waals surface area contributed by atoms with Gasteiger partial charge in [0, 0.05) is 0 Å². The Hall–Kier alpha value is -3.71. The van der Waals surface area contributed by atoms with Gasteiger partial charge in [0.1, 0.15) is 12.4 Å². The summed E-state index contributed by atoms with van der Waals surface area (Å²) in [6.07, 6.45) is 4.06. The van der Waals surface area contributed by atoms with Crippen LogP contribution in [0.4, 0.5) is 0 Å². The molecule has 0 amide bonds. The van der Waals surface area contributed by atoms with Gasteiger partial charge in [-0.2, -0.15) is 0 Å². The van der Waals surface area contributed by atoms with Gasteiger partial charge in [0.25, 0.3) is 5.56 Å². The number of carbonyl (C=O) groups is 1. The molecule has 6 nitrogen and oxygen atoms in total. The summed E-state index contributed by atoms with van der Waals surface area (Å²) in [6, 6.07) is 16.4. The molecule has 1 aliphatic rings. The molecule has 0 saturated heterocycles. The van der Waals surface area contributed by atoms with Gasteiger partial charge >= 0.3 is 5.97 Å². The predicted molar refractivity (Wildman–Crippen MR) is 129 cm³/mol. The van der Waals surface area contributed by atoms with Gasteiger partial charge in [-0.3, -0.25) is 9.36 Å². The van der Waals surface area contributed by atoms with Crippen molar-refractivity contribution in [3.05, 3.63) is 109 Å². The number of nitrogens with zero attached hydrogens (tertiary/aromatic N) is 2. The van der Waals surface area contributed by atoms with Gasteiger partial charge in [0.05, 0.1) is 29.0 Å². The van der Waals surface area contributed by atoms with Gasteiger partial charge in [0.15, 0.2) is 4.80 Å². The molecule has 7 heteroatoms. The maximum atomic E-state index is 13.5. The maximum Gasteiger partial charge on any atom is 0.338 e. The van der Waals surface area contributed by atoms with E-state index in [1.54, 1.807) is 10.6 Å². The van der Waals surface area contributed by atoms with Crippen molar-refractivity contribution in [2.45, 2.75) is 19.4 Å². The van der Waals surface area contributed by atoms with Crippen molar-refractivity contribution in [3.63, 3.8) is 0 Å². The van der Waals surface area contributed by atoms with Crippen LogP contribution >= 0.6 is 11.3 Å². The Morgan fingerprint density at radius 2 is 1.91 bits per heavy atom. The van der Waals surface area contributed by atoms with E-state index >= 15 is 0 Å². The SMILES string of the molecule is C=CCOc1ccc(/C=c2\sc3n(c2=O)[C@H](c2ccccc2)C(C(=O)OC)=C(CC)N=3)cc1. The van der Waals surface area contributed by atoms with Gasteiger partial charge in [-0.05, 0) is 35.8 Å². The molecular weight excluding hydrogens is 436 g/mol. The summed E-state index contributed by atoms with van der Waals surface area (Å²) in [5.41, 5.74) is 2.53. The molecular formula is C26H24N2O4S. The number of methoxy groups -OCH3 is 1. The van der Waals surface area contributed by atoms with Crippen LogP contribution in [0.15, 0.2) is 88.3 Å². The summed E-state index contributed by atoms with van der Waals surface area (Å²) in [5, 5.41) is 0. The molecule has 0 unspecified atom stereocenters. The third-order valence-electron chi connectivity index (χ3n) is 5.31. The number of esters is 1. The molecule has 0 aliphatic carbocycles. The number of rotatable bonds is 7. The lowest BCUT2D eigenvalue weighted by Crippen LogP contribution is -2.40. The molecule has 2 aromatic carbocycles. The van der Waals surface area contributed by atoms with Crippen molar-refractivity contribution in [2.75, 3.05) is 13.7 Å². The number of hydrogen-bond donors (Lipinski definition) is 0. The summed E-state index contributed by atoms with van der Waals surface area (Å²) in [5.74, 6) is 0.252. The molecule has 0 spiro atoms. The first-order chi connectivity index (χ1) is 16.1. The third-order valence-corrected chi connectivity index (χ3v) is 6.29. The van der Waals surface area contributed by atoms with E-state index in [-0.39, 0.29) is 5.56 Å². The van der Waals surface area contributed by atoms with Gasteiger partial charge in [-0.1, -0.05) is 73.4 Å². The molecule has 1 aromatic heterocycles. The zero-order valence-electron chi connectivity index (χ0n) is 18.5. The van der Waals surface area contributed by atoms with E-state index in [1.807, 2.05) is 67.6 Å². The van der Waals surface area contributed by atoms with E-state index in [9.17, 15) is 9.59 Å². The van der Waals surface area contributed by atoms with Crippen molar-refractivity contribution < 1.29 is 14.3 Å². The van der Waals surface area contributed by atoms with Gasteiger partial charge in [-0.25, -0.2) is 9.79 Å². The quantitative estimate of drug-likeness (QED) is 0.401. The van der Waals surface area contributed by atoms with E-state index in [1.165, 1.54) is 18.4 Å². The van der Waals surface area contributed by atoms with Crippen LogP contribution in [-0.4, -0.2) is 24.3 Å². The predicted octanol–water partition coefficient (Wildman–Crippen LogP) is 3.36. The molecule has 0 N–H and O–H groups in total. The van der Waals surface area contributed by atoms with Crippen molar-refractivity contribution >= 4 is 23.4 Å². The Morgan fingerprint density at radius 1 is 1.18 bits per heavy atom. The summed E-state index contributed by atoms with van der Waals surface area (Å²) >= 11 is 1.31. The molecule has 33 heavy (non-hydrogen) atoms. The average Bonchev–Trinajstić information content (AvgIpc) is 3.17. The minimum Gasteiger partial charge on any atom is -0.490 e. The topological polar surface area (TPSA) is 69.9 Å². The lowest BCUT2D eigenvalue weighted by Gasteiger charge is -2.25. The second-order valence-electron chi connectivity index (χ2n) is 7.37. The summed E-state index contributed by atoms with van der Waals surface area (Å²) in [7, 11) is 1.35. The molecule has 0 fully saturated rings. The van der Waals surface area contributed by atoms with Gasteiger partial charge in [-0.15, -0.1) is 0 Å². The monoisotopic (exact) mass is 460 g/mol. The van der Waals surface area contributed by atoms with Crippen LogP contribution in [0, 0.1) is 0 Å². The zero-order valence-corrected chi connectivity index (χ0v) is 19.3. The fourth-order valence-corrected chi connectivity index (χ4v) is 4.80. The van der Waals surface area contributed by atoms with Crippen LogP contribution in [0.25, 0.3) is 6.08 Å². The zero-order chi connectivity index (χ0) is 23.4. The van der Waals surface area contributed by atoms with E-state index in [4.69, 9.17) is 9.47 Å². The van der Waals surface area contributed by atoms with Gasteiger partial charge < -0.3 is 9.47 Å². The lowest BCUT2D eigenvalue weighted by molar-refractivity contribution is -0.136. The first kappa shape index (κ1) is 22.5. The van der Waals surface area contributed by atoms with E-state index in [0.29, 0.717) is 33.6 Å². The summed E-state index contributed by atoms with van der Waals surface area (Å²) in [6.45, 7) is 6.01. The Kier molecular flexibility index (Phi) is 6.70. The molecule has 4 rings (SSSR count). The van der Waals surface area contributed by atoms with Crippen LogP contribution < -0.4 is 19.6 Å². The highest BCUT2D eigenvalue weighted by Crippen LogP contribution is 2.31. The smallest absolute Gasteiger partial charge is 0.338 e. The maximum absolute atomic E-state index is 13.5. The Balaban J connectivity index is 1.87. The molecule has 0 radical (unpaired) electrons. The lowest BCUT2D eigenvalue weighted by atomic mass is 9.95. The molecule has 1 aliphatic heterocycles. The van der Waals surface area contributed by atoms with Crippen LogP contribution in [0.2, 0.25) is 0 Å². The Morgan fingerprint density at radius 3 is 2.55 bits per heavy atom. The highest BCUT2D eigenvalue weighted by atomic mass is 32.1. The minimum absolute atomic E-state index is 0.198. The van der Waals surface area contributed by atoms with Crippen LogP contribution in [0.3, 0.4) is 0 Å². The number of allylic oxidation sites excluding steroid dienone is 1. The first-order valence-corrected chi connectivity index (χ1v) is 11.4. The molecule has 2 heterocycles. The molecule has 0 bridgehead atoms. The number of hydrogen-bond acceptors (Lipinski definition) is 6. The number of benzene rings is 2. The number of carbonyl (C=O) groups excluding carboxylic acids is 1. The fourth-order valence-electron chi connectivity index (χ4n) is 3.78. The highest BCUT2D eigenvalue weighted by molar-refractivity contribution is 7.07. The third kappa shape index (κ3) is 4.45. The van der Waals surface area contributed by atoms with E-state index in [2.05, 4.69) is 11.6 Å². The first-order valence-electron chi connectivity index (χ1n) is 10.6. The van der Waals surface area contributed by atoms with Gasteiger partial charge in [0.2, 0.25) is 0 Å². The number of aromatic nitrogens is 1. The average molecular weight is 461 g/mol. The molecule has 0 saturated carbocycles. The molecule has 1 atom stereocenters. The standard InChI is InChI=1S/C26H24N2O4S/c1-4-15-32-19-13-11-17(12-14-19)16-21-24(29)28-23(18-9-7-6-8-10-18)22(25(30)31-3)20(5-2)27-26(28)33-21/h4,6-14,16,23H,1,5,15H2,2-3H3/b21-16-/t23-/m1/s1. The number of fused-ring (bicyclic) bond motifs is 1.